The molecule has 1 aromatic heterocycles. The number of halogens is 1. The Kier molecular flexibility index (Phi) is 8.20. The molecular weight excluding hydrogens is 467 g/mol. The Hall–Kier alpha value is -3.17. The minimum atomic E-state index is -0.718. The van der Waals surface area contributed by atoms with Gasteiger partial charge in [-0.05, 0) is 30.0 Å². The number of amides is 1. The lowest BCUT2D eigenvalue weighted by Crippen LogP contribution is -2.50. The van der Waals surface area contributed by atoms with Crippen LogP contribution in [-0.2, 0) is 22.4 Å². The van der Waals surface area contributed by atoms with Crippen LogP contribution in [0.2, 0.25) is 0 Å². The number of carbonyl (C=O) groups is 2. The number of carbonyl (C=O) groups excluding carboxylic acids is 1. The van der Waals surface area contributed by atoms with E-state index in [9.17, 15) is 14.0 Å². The Labute approximate surface area is 208 Å². The first-order valence-electron chi connectivity index (χ1n) is 11.9. The van der Waals surface area contributed by atoms with Crippen molar-refractivity contribution in [3.63, 3.8) is 0 Å². The summed E-state index contributed by atoms with van der Waals surface area (Å²) in [4.78, 5) is 27.7. The van der Waals surface area contributed by atoms with Crippen molar-refractivity contribution in [1.29, 1.82) is 0 Å². The number of carboxylic acids is 1. The number of nitrogens with zero attached hydrogens (tertiary/aromatic N) is 4. The maximum absolute atomic E-state index is 14.1. The van der Waals surface area contributed by atoms with Crippen LogP contribution in [-0.4, -0.2) is 58.3 Å². The van der Waals surface area contributed by atoms with E-state index in [1.54, 1.807) is 23.1 Å². The molecule has 0 saturated carbocycles. The number of hydrogen-bond donors (Lipinski definition) is 1. The number of aliphatic carboxylic acids is 1. The highest BCUT2D eigenvalue weighted by Gasteiger charge is 2.31. The van der Waals surface area contributed by atoms with Crippen molar-refractivity contribution >= 4 is 28.3 Å². The second-order valence-corrected chi connectivity index (χ2v) is 9.75. The van der Waals surface area contributed by atoms with Crippen LogP contribution in [0.5, 0.6) is 0 Å². The highest BCUT2D eigenvalue weighted by molar-refractivity contribution is 7.18. The normalized spacial score (nSPS) is 14.0. The first kappa shape index (κ1) is 24.9. The van der Waals surface area contributed by atoms with E-state index in [4.69, 9.17) is 5.11 Å². The summed E-state index contributed by atoms with van der Waals surface area (Å²) in [6, 6.07) is 14.4. The molecule has 0 aliphatic carbocycles. The summed E-state index contributed by atoms with van der Waals surface area (Å²) in [6.45, 7) is 4.63. The van der Waals surface area contributed by atoms with E-state index in [2.05, 4.69) is 22.0 Å². The molecule has 1 fully saturated rings. The minimum absolute atomic E-state index is 0.0236. The molecule has 0 bridgehead atoms. The van der Waals surface area contributed by atoms with Crippen LogP contribution in [0.4, 0.5) is 9.52 Å². The van der Waals surface area contributed by atoms with Gasteiger partial charge in [0.1, 0.15) is 10.8 Å². The molecule has 0 radical (unpaired) electrons. The Morgan fingerprint density at radius 1 is 1.14 bits per heavy atom. The third kappa shape index (κ3) is 6.29. The molecule has 3 aromatic rings. The number of unbranched alkanes of at least 4 members (excludes halogenated alkanes) is 1. The topological polar surface area (TPSA) is 86.6 Å². The molecule has 1 N–H and O–H groups in total. The predicted octanol–water partition coefficient (Wildman–Crippen LogP) is 4.28. The summed E-state index contributed by atoms with van der Waals surface area (Å²) in [6.07, 6.45) is 2.56. The molecule has 1 aliphatic heterocycles. The number of carboxylic acid groups (broad SMARTS) is 1. The van der Waals surface area contributed by atoms with E-state index in [0.717, 1.165) is 36.4 Å². The van der Waals surface area contributed by atoms with E-state index in [0.29, 0.717) is 30.3 Å². The first-order valence-corrected chi connectivity index (χ1v) is 12.7. The number of anilines is 1. The summed E-state index contributed by atoms with van der Waals surface area (Å²) in [7, 11) is 0. The van der Waals surface area contributed by atoms with Gasteiger partial charge in [-0.1, -0.05) is 67.1 Å². The zero-order valence-electron chi connectivity index (χ0n) is 19.7. The molecule has 9 heteroatoms. The average Bonchev–Trinajstić information content (AvgIpc) is 3.30. The van der Waals surface area contributed by atoms with Gasteiger partial charge < -0.3 is 10.0 Å². The van der Waals surface area contributed by atoms with Crippen LogP contribution < -0.4 is 4.90 Å². The molecule has 35 heavy (non-hydrogen) atoms. The van der Waals surface area contributed by atoms with Crippen molar-refractivity contribution in [2.45, 2.75) is 32.6 Å². The van der Waals surface area contributed by atoms with Crippen LogP contribution in [0.15, 0.2) is 48.5 Å². The SMILES string of the molecule is CCCCN(C(=O)Cc1ccccc1F)c1nnc(-c2ccc(CCN3CC(C(=O)O)C3)cc2)s1. The molecule has 2 aromatic carbocycles. The molecular formula is C26H29FN4O3S. The van der Waals surface area contributed by atoms with Crippen LogP contribution in [0.25, 0.3) is 10.6 Å². The summed E-state index contributed by atoms with van der Waals surface area (Å²) in [5, 5.41) is 18.8. The molecule has 0 unspecified atom stereocenters. The van der Waals surface area contributed by atoms with Crippen LogP contribution in [0, 0.1) is 11.7 Å². The number of rotatable bonds is 11. The molecule has 2 heterocycles. The van der Waals surface area contributed by atoms with Crippen molar-refractivity contribution in [2.75, 3.05) is 31.1 Å². The fourth-order valence-electron chi connectivity index (χ4n) is 3.99. The smallest absolute Gasteiger partial charge is 0.309 e. The molecule has 0 atom stereocenters. The molecule has 1 saturated heterocycles. The lowest BCUT2D eigenvalue weighted by molar-refractivity contribution is -0.147. The third-order valence-electron chi connectivity index (χ3n) is 6.21. The maximum atomic E-state index is 14.1. The average molecular weight is 497 g/mol. The lowest BCUT2D eigenvalue weighted by Gasteiger charge is -2.36. The van der Waals surface area contributed by atoms with E-state index >= 15 is 0 Å². The molecule has 1 amide bonds. The fourth-order valence-corrected chi connectivity index (χ4v) is 4.89. The van der Waals surface area contributed by atoms with Gasteiger partial charge in [-0.25, -0.2) is 4.39 Å². The largest absolute Gasteiger partial charge is 0.481 e. The molecule has 184 valence electrons. The quantitative estimate of drug-likeness (QED) is 0.427. The maximum Gasteiger partial charge on any atom is 0.309 e. The van der Waals surface area contributed by atoms with Gasteiger partial charge in [0.25, 0.3) is 0 Å². The fraction of sp³-hybridized carbons (Fsp3) is 0.385. The van der Waals surface area contributed by atoms with E-state index in [-0.39, 0.29) is 24.1 Å². The van der Waals surface area contributed by atoms with Gasteiger partial charge in [0.15, 0.2) is 0 Å². The Morgan fingerprint density at radius 3 is 2.57 bits per heavy atom. The van der Waals surface area contributed by atoms with Gasteiger partial charge in [0.05, 0.1) is 12.3 Å². The first-order chi connectivity index (χ1) is 16.9. The minimum Gasteiger partial charge on any atom is -0.481 e. The van der Waals surface area contributed by atoms with Gasteiger partial charge >= 0.3 is 5.97 Å². The number of hydrogen-bond acceptors (Lipinski definition) is 6. The number of likely N-dealkylation sites (tertiary alicyclic amines) is 1. The van der Waals surface area contributed by atoms with E-state index in [1.165, 1.54) is 23.0 Å². The summed E-state index contributed by atoms with van der Waals surface area (Å²) in [5.74, 6) is -1.54. The van der Waals surface area contributed by atoms with Crippen LogP contribution in [0.1, 0.15) is 30.9 Å². The van der Waals surface area contributed by atoms with Crippen LogP contribution >= 0.6 is 11.3 Å². The second-order valence-electron chi connectivity index (χ2n) is 8.80. The summed E-state index contributed by atoms with van der Waals surface area (Å²) < 4.78 is 14.1. The van der Waals surface area contributed by atoms with Crippen molar-refractivity contribution in [3.8, 4) is 10.6 Å². The molecule has 4 rings (SSSR count). The van der Waals surface area contributed by atoms with Crippen molar-refractivity contribution in [1.82, 2.24) is 15.1 Å². The lowest BCUT2D eigenvalue weighted by atomic mass is 9.99. The molecule has 1 aliphatic rings. The van der Waals surface area contributed by atoms with Crippen molar-refractivity contribution in [3.05, 3.63) is 65.5 Å². The van der Waals surface area contributed by atoms with Gasteiger partial charge in [-0.3, -0.25) is 14.5 Å². The van der Waals surface area contributed by atoms with Gasteiger partial charge in [0, 0.05) is 31.7 Å². The predicted molar refractivity (Wildman–Crippen MR) is 134 cm³/mol. The van der Waals surface area contributed by atoms with Crippen molar-refractivity contribution < 1.29 is 19.1 Å². The van der Waals surface area contributed by atoms with Crippen LogP contribution in [0.3, 0.4) is 0 Å². The summed E-state index contributed by atoms with van der Waals surface area (Å²) >= 11 is 1.35. The molecule has 0 spiro atoms. The zero-order valence-corrected chi connectivity index (χ0v) is 20.5. The second kappa shape index (κ2) is 11.5. The highest BCUT2D eigenvalue weighted by Crippen LogP contribution is 2.30. The monoisotopic (exact) mass is 496 g/mol. The van der Waals surface area contributed by atoms with Gasteiger partial charge in [-0.2, -0.15) is 0 Å². The van der Waals surface area contributed by atoms with Crippen molar-refractivity contribution in [2.24, 2.45) is 5.92 Å². The number of aromatic nitrogens is 2. The Bertz CT molecular complexity index is 1160. The number of benzene rings is 2. The standard InChI is InChI=1S/C26H29FN4O3S/c1-2-3-13-31(23(32)15-20-6-4-5-7-22(20)27)26-29-28-24(35-26)19-10-8-18(9-11-19)12-14-30-16-21(17-30)25(33)34/h4-11,21H,2-3,12-17H2,1H3,(H,33,34). The van der Waals surface area contributed by atoms with E-state index in [1.807, 2.05) is 24.3 Å². The van der Waals surface area contributed by atoms with Gasteiger partial charge in [-0.15, -0.1) is 10.2 Å². The Morgan fingerprint density at radius 2 is 1.89 bits per heavy atom. The highest BCUT2D eigenvalue weighted by atomic mass is 32.1. The van der Waals surface area contributed by atoms with E-state index < -0.39 is 5.97 Å². The summed E-state index contributed by atoms with van der Waals surface area (Å²) in [5.41, 5.74) is 2.46. The molecule has 7 nitrogen and oxygen atoms in total. The third-order valence-corrected chi connectivity index (χ3v) is 7.20. The zero-order chi connectivity index (χ0) is 24.8. The van der Waals surface area contributed by atoms with Gasteiger partial charge in [0.2, 0.25) is 11.0 Å². The Balaban J connectivity index is 1.39.